The molecule has 3 aromatic rings. The van der Waals surface area contributed by atoms with Gasteiger partial charge in [0.05, 0.1) is 0 Å². The quantitative estimate of drug-likeness (QED) is 0.413. The van der Waals surface area contributed by atoms with Crippen molar-refractivity contribution in [2.75, 3.05) is 6.54 Å². The highest BCUT2D eigenvalue weighted by Crippen LogP contribution is 2.25. The average Bonchev–Trinajstić information content (AvgIpc) is 2.83. The Morgan fingerprint density at radius 1 is 0.848 bits per heavy atom. The Hall–Kier alpha value is -3.11. The summed E-state index contributed by atoms with van der Waals surface area (Å²) in [5, 5.41) is 3.67. The van der Waals surface area contributed by atoms with Gasteiger partial charge in [-0.25, -0.2) is 0 Å². The molecule has 0 bridgehead atoms. The standard InChI is InChI=1S/C28H31ClN2O2/c1-21(2)19-30-28(33)27(24-11-7-4-8-12-24)31(20-23-13-16-25(29)17-14-23)26(32)18-15-22-9-5-3-6-10-22/h3-14,16-17,21,27H,15,18-20H2,1-2H3,(H,30,33)/t27-/m0/s1. The van der Waals surface area contributed by atoms with Crippen LogP contribution in [0.5, 0.6) is 0 Å². The Morgan fingerprint density at radius 3 is 2.06 bits per heavy atom. The molecule has 3 rings (SSSR count). The van der Waals surface area contributed by atoms with Gasteiger partial charge in [0.25, 0.3) is 0 Å². The number of hydrogen-bond donors (Lipinski definition) is 1. The zero-order chi connectivity index (χ0) is 23.6. The topological polar surface area (TPSA) is 49.4 Å². The van der Waals surface area contributed by atoms with Crippen molar-refractivity contribution in [2.45, 2.75) is 39.3 Å². The van der Waals surface area contributed by atoms with Gasteiger partial charge < -0.3 is 10.2 Å². The summed E-state index contributed by atoms with van der Waals surface area (Å²) in [5.41, 5.74) is 2.81. The summed E-state index contributed by atoms with van der Waals surface area (Å²) in [5.74, 6) is 0.0724. The SMILES string of the molecule is CC(C)CNC(=O)[C@H](c1ccccc1)N(Cc1ccc(Cl)cc1)C(=O)CCc1ccccc1. The van der Waals surface area contributed by atoms with E-state index in [0.29, 0.717) is 36.9 Å². The van der Waals surface area contributed by atoms with Gasteiger partial charge in [0.2, 0.25) is 11.8 Å². The highest BCUT2D eigenvalue weighted by Gasteiger charge is 2.31. The molecule has 2 amide bonds. The number of carbonyl (C=O) groups is 2. The van der Waals surface area contributed by atoms with Crippen molar-refractivity contribution in [3.63, 3.8) is 0 Å². The van der Waals surface area contributed by atoms with Gasteiger partial charge in [0.1, 0.15) is 6.04 Å². The molecule has 0 radical (unpaired) electrons. The number of aryl methyl sites for hydroxylation is 1. The molecule has 1 atom stereocenters. The second-order valence-corrected chi connectivity index (χ2v) is 9.02. The lowest BCUT2D eigenvalue weighted by molar-refractivity contribution is -0.141. The third kappa shape index (κ3) is 7.47. The predicted molar refractivity (Wildman–Crippen MR) is 134 cm³/mol. The average molecular weight is 463 g/mol. The second kappa shape index (κ2) is 12.2. The molecule has 3 aromatic carbocycles. The van der Waals surface area contributed by atoms with E-state index in [-0.39, 0.29) is 11.8 Å². The van der Waals surface area contributed by atoms with E-state index in [1.165, 1.54) is 0 Å². The van der Waals surface area contributed by atoms with Crippen molar-refractivity contribution in [3.05, 3.63) is 107 Å². The molecule has 0 unspecified atom stereocenters. The van der Waals surface area contributed by atoms with Crippen LogP contribution in [0, 0.1) is 5.92 Å². The number of carbonyl (C=O) groups excluding carboxylic acids is 2. The highest BCUT2D eigenvalue weighted by atomic mass is 35.5. The van der Waals surface area contributed by atoms with Crippen LogP contribution in [0.3, 0.4) is 0 Å². The van der Waals surface area contributed by atoms with Crippen molar-refractivity contribution in [3.8, 4) is 0 Å². The van der Waals surface area contributed by atoms with Crippen LogP contribution >= 0.6 is 11.6 Å². The lowest BCUT2D eigenvalue weighted by Gasteiger charge is -2.32. The van der Waals surface area contributed by atoms with Gasteiger partial charge in [-0.2, -0.15) is 0 Å². The molecular formula is C28H31ClN2O2. The molecule has 0 aliphatic carbocycles. The van der Waals surface area contributed by atoms with Gasteiger partial charge in [-0.1, -0.05) is 98.2 Å². The third-order valence-electron chi connectivity index (χ3n) is 5.42. The Morgan fingerprint density at radius 2 is 1.45 bits per heavy atom. The van der Waals surface area contributed by atoms with Crippen LogP contribution in [-0.4, -0.2) is 23.3 Å². The lowest BCUT2D eigenvalue weighted by atomic mass is 10.0. The Labute approximate surface area is 201 Å². The van der Waals surface area contributed by atoms with Crippen LogP contribution in [0.4, 0.5) is 0 Å². The summed E-state index contributed by atoms with van der Waals surface area (Å²) in [6.07, 6.45) is 0.935. The Kier molecular flexibility index (Phi) is 9.08. The van der Waals surface area contributed by atoms with Crippen LogP contribution in [-0.2, 0) is 22.6 Å². The summed E-state index contributed by atoms with van der Waals surface area (Å²) in [7, 11) is 0. The van der Waals surface area contributed by atoms with Crippen LogP contribution < -0.4 is 5.32 Å². The largest absolute Gasteiger partial charge is 0.354 e. The van der Waals surface area contributed by atoms with Gasteiger partial charge >= 0.3 is 0 Å². The Bertz CT molecular complexity index is 1020. The lowest BCUT2D eigenvalue weighted by Crippen LogP contribution is -2.44. The fraction of sp³-hybridized carbons (Fsp3) is 0.286. The maximum atomic E-state index is 13.6. The molecule has 0 aliphatic heterocycles. The van der Waals surface area contributed by atoms with Crippen LogP contribution in [0.1, 0.15) is 43.0 Å². The first-order valence-electron chi connectivity index (χ1n) is 11.3. The number of nitrogens with one attached hydrogen (secondary N) is 1. The van der Waals surface area contributed by atoms with Gasteiger partial charge in [-0.05, 0) is 41.2 Å². The smallest absolute Gasteiger partial charge is 0.247 e. The maximum absolute atomic E-state index is 13.6. The normalized spacial score (nSPS) is 11.8. The van der Waals surface area contributed by atoms with E-state index in [1.54, 1.807) is 17.0 Å². The minimum atomic E-state index is -0.719. The van der Waals surface area contributed by atoms with Crippen LogP contribution in [0.15, 0.2) is 84.9 Å². The predicted octanol–water partition coefficient (Wildman–Crippen LogP) is 5.81. The fourth-order valence-corrected chi connectivity index (χ4v) is 3.79. The minimum Gasteiger partial charge on any atom is -0.354 e. The van der Waals surface area contributed by atoms with Crippen molar-refractivity contribution < 1.29 is 9.59 Å². The molecule has 0 heterocycles. The summed E-state index contributed by atoms with van der Waals surface area (Å²) in [6, 6.07) is 26.1. The van der Waals surface area contributed by atoms with E-state index in [4.69, 9.17) is 11.6 Å². The summed E-state index contributed by atoms with van der Waals surface area (Å²) in [6.45, 7) is 4.97. The molecule has 0 aromatic heterocycles. The molecule has 4 nitrogen and oxygen atoms in total. The van der Waals surface area contributed by atoms with E-state index >= 15 is 0 Å². The van der Waals surface area contributed by atoms with Crippen LogP contribution in [0.25, 0.3) is 0 Å². The molecule has 0 saturated carbocycles. The number of benzene rings is 3. The van der Waals surface area contributed by atoms with Crippen LogP contribution in [0.2, 0.25) is 5.02 Å². The molecule has 0 spiro atoms. The van der Waals surface area contributed by atoms with E-state index in [0.717, 1.165) is 16.7 Å². The van der Waals surface area contributed by atoms with Gasteiger partial charge in [0.15, 0.2) is 0 Å². The first kappa shape index (κ1) is 24.5. The molecule has 0 aliphatic rings. The number of nitrogens with zero attached hydrogens (tertiary/aromatic N) is 1. The summed E-state index contributed by atoms with van der Waals surface area (Å²) >= 11 is 6.06. The van der Waals surface area contributed by atoms with Crippen molar-refractivity contribution in [1.29, 1.82) is 0 Å². The number of amides is 2. The van der Waals surface area contributed by atoms with E-state index in [1.807, 2.05) is 86.6 Å². The first-order valence-corrected chi connectivity index (χ1v) is 11.7. The zero-order valence-corrected chi connectivity index (χ0v) is 20.0. The molecule has 172 valence electrons. The second-order valence-electron chi connectivity index (χ2n) is 8.59. The Balaban J connectivity index is 1.92. The zero-order valence-electron chi connectivity index (χ0n) is 19.2. The molecular weight excluding hydrogens is 432 g/mol. The first-order chi connectivity index (χ1) is 15.9. The third-order valence-corrected chi connectivity index (χ3v) is 5.67. The van der Waals surface area contributed by atoms with E-state index < -0.39 is 6.04 Å². The summed E-state index contributed by atoms with van der Waals surface area (Å²) in [4.78, 5) is 28.6. The monoisotopic (exact) mass is 462 g/mol. The fourth-order valence-electron chi connectivity index (χ4n) is 3.66. The maximum Gasteiger partial charge on any atom is 0.247 e. The molecule has 1 N–H and O–H groups in total. The minimum absolute atomic E-state index is 0.0673. The number of rotatable bonds is 10. The van der Waals surface area contributed by atoms with Crippen molar-refractivity contribution in [2.24, 2.45) is 5.92 Å². The van der Waals surface area contributed by atoms with Gasteiger partial charge in [-0.15, -0.1) is 0 Å². The van der Waals surface area contributed by atoms with Crippen molar-refractivity contribution in [1.82, 2.24) is 10.2 Å². The molecule has 33 heavy (non-hydrogen) atoms. The highest BCUT2D eigenvalue weighted by molar-refractivity contribution is 6.30. The number of halogens is 1. The molecule has 5 heteroatoms. The molecule has 0 fully saturated rings. The van der Waals surface area contributed by atoms with Crippen molar-refractivity contribution >= 4 is 23.4 Å². The van der Waals surface area contributed by atoms with E-state index in [9.17, 15) is 9.59 Å². The summed E-state index contributed by atoms with van der Waals surface area (Å²) < 4.78 is 0. The molecule has 0 saturated heterocycles. The number of hydrogen-bond acceptors (Lipinski definition) is 2. The van der Waals surface area contributed by atoms with Gasteiger partial charge in [-0.3, -0.25) is 9.59 Å². The van der Waals surface area contributed by atoms with Gasteiger partial charge in [0, 0.05) is 24.5 Å². The van der Waals surface area contributed by atoms with E-state index in [2.05, 4.69) is 5.32 Å².